The van der Waals surface area contributed by atoms with Gasteiger partial charge in [-0.2, -0.15) is 5.26 Å². The summed E-state index contributed by atoms with van der Waals surface area (Å²) in [6.07, 6.45) is -0.371. The van der Waals surface area contributed by atoms with Gasteiger partial charge in [0.05, 0.1) is 0 Å². The molecule has 0 bridgehead atoms. The Hall–Kier alpha value is -2.08. The Bertz CT molecular complexity index is 403. The second-order valence-corrected chi connectivity index (χ2v) is 3.05. The number of carbonyl (C=O) groups is 1. The number of nitriles is 1. The molecule has 0 saturated heterocycles. The molecular formula is C12H11NO2. The molecule has 1 aromatic rings. The molecule has 0 fully saturated rings. The predicted octanol–water partition coefficient (Wildman–Crippen LogP) is 2.37. The number of esters is 1. The highest BCUT2D eigenvalue weighted by Gasteiger charge is 2.13. The van der Waals surface area contributed by atoms with Crippen LogP contribution in [0.4, 0.5) is 0 Å². The fourth-order valence-corrected chi connectivity index (χ4v) is 1.07. The minimum Gasteiger partial charge on any atom is -0.454 e. The van der Waals surface area contributed by atoms with Gasteiger partial charge in [-0.25, -0.2) is 4.79 Å². The summed E-state index contributed by atoms with van der Waals surface area (Å²) in [5, 5.41) is 8.44. The van der Waals surface area contributed by atoms with Crippen LogP contribution in [0.25, 0.3) is 0 Å². The van der Waals surface area contributed by atoms with Gasteiger partial charge in [0.1, 0.15) is 17.7 Å². The molecule has 76 valence electrons. The fourth-order valence-electron chi connectivity index (χ4n) is 1.07. The molecule has 0 amide bonds. The molecule has 0 radical (unpaired) electrons. The van der Waals surface area contributed by atoms with Crippen LogP contribution in [0.15, 0.2) is 42.5 Å². The highest BCUT2D eigenvalue weighted by molar-refractivity contribution is 5.92. The maximum Gasteiger partial charge on any atom is 0.348 e. The molecule has 0 aliphatic carbocycles. The molecule has 0 N–H and O–H groups in total. The van der Waals surface area contributed by atoms with Crippen molar-refractivity contribution in [3.63, 3.8) is 0 Å². The van der Waals surface area contributed by atoms with E-state index < -0.39 is 5.97 Å². The second-order valence-electron chi connectivity index (χ2n) is 3.05. The van der Waals surface area contributed by atoms with Crippen LogP contribution in [0, 0.1) is 11.3 Å². The van der Waals surface area contributed by atoms with E-state index in [1.165, 1.54) is 0 Å². The lowest BCUT2D eigenvalue weighted by Crippen LogP contribution is -2.09. The summed E-state index contributed by atoms with van der Waals surface area (Å²) >= 11 is 0. The van der Waals surface area contributed by atoms with Gasteiger partial charge in [0.2, 0.25) is 0 Å². The van der Waals surface area contributed by atoms with Crippen molar-refractivity contribution in [2.75, 3.05) is 0 Å². The van der Waals surface area contributed by atoms with Crippen LogP contribution in [-0.2, 0) is 9.53 Å². The third kappa shape index (κ3) is 2.96. The van der Waals surface area contributed by atoms with Crippen LogP contribution in [0.5, 0.6) is 0 Å². The molecule has 0 aliphatic heterocycles. The highest BCUT2D eigenvalue weighted by Crippen LogP contribution is 2.16. The van der Waals surface area contributed by atoms with Gasteiger partial charge in [0.15, 0.2) is 0 Å². The first-order valence-electron chi connectivity index (χ1n) is 4.50. The third-order valence-corrected chi connectivity index (χ3v) is 1.93. The highest BCUT2D eigenvalue weighted by atomic mass is 16.5. The van der Waals surface area contributed by atoms with Crippen molar-refractivity contribution in [1.29, 1.82) is 5.26 Å². The van der Waals surface area contributed by atoms with Gasteiger partial charge < -0.3 is 4.74 Å². The lowest BCUT2D eigenvalue weighted by molar-refractivity contribution is -0.143. The first kappa shape index (κ1) is 11.0. The van der Waals surface area contributed by atoms with E-state index in [9.17, 15) is 4.79 Å². The van der Waals surface area contributed by atoms with Crippen LogP contribution in [-0.4, -0.2) is 5.97 Å². The number of hydrogen-bond donors (Lipinski definition) is 0. The molecule has 0 heterocycles. The van der Waals surface area contributed by atoms with E-state index >= 15 is 0 Å². The topological polar surface area (TPSA) is 50.1 Å². The quantitative estimate of drug-likeness (QED) is 0.428. The molecule has 0 aliphatic rings. The van der Waals surface area contributed by atoms with Crippen molar-refractivity contribution in [2.24, 2.45) is 0 Å². The minimum absolute atomic E-state index is 0.183. The average Bonchev–Trinajstić information content (AvgIpc) is 2.29. The van der Waals surface area contributed by atoms with Gasteiger partial charge >= 0.3 is 5.97 Å². The third-order valence-electron chi connectivity index (χ3n) is 1.93. The molecular weight excluding hydrogens is 190 g/mol. The van der Waals surface area contributed by atoms with E-state index in [1.54, 1.807) is 13.0 Å². The number of ether oxygens (including phenoxy) is 1. The number of nitrogens with zero attached hydrogens (tertiary/aromatic N) is 1. The maximum atomic E-state index is 11.2. The lowest BCUT2D eigenvalue weighted by atomic mass is 10.1. The van der Waals surface area contributed by atoms with Gasteiger partial charge in [0.25, 0.3) is 0 Å². The Morgan fingerprint density at radius 3 is 2.60 bits per heavy atom. The summed E-state index contributed by atoms with van der Waals surface area (Å²) in [6.45, 7) is 5.03. The zero-order valence-corrected chi connectivity index (χ0v) is 8.43. The van der Waals surface area contributed by atoms with Crippen LogP contribution < -0.4 is 0 Å². The summed E-state index contributed by atoms with van der Waals surface area (Å²) in [7, 11) is 0. The van der Waals surface area contributed by atoms with E-state index in [4.69, 9.17) is 10.00 Å². The van der Waals surface area contributed by atoms with Gasteiger partial charge in [-0.3, -0.25) is 0 Å². The molecule has 1 atom stereocenters. The Balaban J connectivity index is 2.65. The summed E-state index contributed by atoms with van der Waals surface area (Å²) < 4.78 is 5.03. The Labute approximate surface area is 88.6 Å². The van der Waals surface area contributed by atoms with E-state index in [0.29, 0.717) is 0 Å². The van der Waals surface area contributed by atoms with Gasteiger partial charge in [0, 0.05) is 0 Å². The summed E-state index contributed by atoms with van der Waals surface area (Å²) in [5.41, 5.74) is 0.703. The van der Waals surface area contributed by atoms with E-state index in [1.807, 2.05) is 30.3 Å². The molecule has 1 rings (SSSR count). The van der Waals surface area contributed by atoms with Crippen molar-refractivity contribution < 1.29 is 9.53 Å². The summed E-state index contributed by atoms with van der Waals surface area (Å²) in [5.74, 6) is -0.672. The first-order chi connectivity index (χ1) is 7.15. The van der Waals surface area contributed by atoms with Gasteiger partial charge in [-0.15, -0.1) is 0 Å². The second kappa shape index (κ2) is 4.97. The fraction of sp³-hybridized carbons (Fsp3) is 0.167. The molecule has 0 saturated carbocycles. The number of rotatable bonds is 3. The largest absolute Gasteiger partial charge is 0.454 e. The molecule has 0 aromatic heterocycles. The first-order valence-corrected chi connectivity index (χ1v) is 4.50. The Kier molecular flexibility index (Phi) is 3.64. The molecule has 0 spiro atoms. The van der Waals surface area contributed by atoms with E-state index in [2.05, 4.69) is 6.58 Å². The zero-order valence-electron chi connectivity index (χ0n) is 8.43. The smallest absolute Gasteiger partial charge is 0.348 e. The van der Waals surface area contributed by atoms with Crippen LogP contribution in [0.3, 0.4) is 0 Å². The molecule has 3 heteroatoms. The lowest BCUT2D eigenvalue weighted by Gasteiger charge is -2.12. The minimum atomic E-state index is -0.672. The van der Waals surface area contributed by atoms with Crippen molar-refractivity contribution in [1.82, 2.24) is 0 Å². The van der Waals surface area contributed by atoms with Crippen molar-refractivity contribution >= 4 is 5.97 Å². The molecule has 15 heavy (non-hydrogen) atoms. The number of carbonyl (C=O) groups excluding carboxylic acids is 1. The molecule has 1 unspecified atom stereocenters. The molecule has 3 nitrogen and oxygen atoms in total. The normalized spacial score (nSPS) is 11.2. The van der Waals surface area contributed by atoms with E-state index in [-0.39, 0.29) is 11.7 Å². The molecule has 1 aromatic carbocycles. The standard InChI is InChI=1S/C12H11NO2/c1-9(8-13)12(14)15-10(2)11-6-4-3-5-7-11/h3-7,10H,1H2,2H3. The van der Waals surface area contributed by atoms with Crippen molar-refractivity contribution in [3.05, 3.63) is 48.0 Å². The SMILES string of the molecule is C=C(C#N)C(=O)OC(C)c1ccccc1. The van der Waals surface area contributed by atoms with Crippen LogP contribution in [0.1, 0.15) is 18.6 Å². The number of hydrogen-bond acceptors (Lipinski definition) is 3. The van der Waals surface area contributed by atoms with Crippen molar-refractivity contribution in [2.45, 2.75) is 13.0 Å². The maximum absolute atomic E-state index is 11.2. The summed E-state index contributed by atoms with van der Waals surface area (Å²) in [4.78, 5) is 11.2. The van der Waals surface area contributed by atoms with Crippen LogP contribution in [0.2, 0.25) is 0 Å². The Morgan fingerprint density at radius 1 is 1.47 bits per heavy atom. The van der Waals surface area contributed by atoms with E-state index in [0.717, 1.165) is 5.56 Å². The monoisotopic (exact) mass is 201 g/mol. The van der Waals surface area contributed by atoms with Gasteiger partial charge in [-0.05, 0) is 12.5 Å². The Morgan fingerprint density at radius 2 is 2.07 bits per heavy atom. The zero-order chi connectivity index (χ0) is 11.3. The average molecular weight is 201 g/mol. The summed E-state index contributed by atoms with van der Waals surface area (Å²) in [6, 6.07) is 11.0. The van der Waals surface area contributed by atoms with Gasteiger partial charge in [-0.1, -0.05) is 36.9 Å². The number of benzene rings is 1. The van der Waals surface area contributed by atoms with Crippen LogP contribution >= 0.6 is 0 Å². The van der Waals surface area contributed by atoms with Crippen molar-refractivity contribution in [3.8, 4) is 6.07 Å². The predicted molar refractivity (Wildman–Crippen MR) is 55.7 cm³/mol.